The maximum atomic E-state index is 12.8. The second-order valence-corrected chi connectivity index (χ2v) is 7.93. The third-order valence-corrected chi connectivity index (χ3v) is 4.58. The number of amides is 2. The predicted molar refractivity (Wildman–Crippen MR) is 106 cm³/mol. The lowest BCUT2D eigenvalue weighted by molar-refractivity contribution is -0.125. The lowest BCUT2D eigenvalue weighted by atomic mass is 9.91. The van der Waals surface area contributed by atoms with E-state index in [0.29, 0.717) is 26.2 Å². The van der Waals surface area contributed by atoms with Crippen LogP contribution >= 0.6 is 0 Å². The van der Waals surface area contributed by atoms with Gasteiger partial charge in [-0.3, -0.25) is 4.79 Å². The lowest BCUT2D eigenvalue weighted by Gasteiger charge is -2.31. The molecule has 1 saturated heterocycles. The number of carbonyl (C=O) groups excluding carboxylic acids is 2. The lowest BCUT2D eigenvalue weighted by Crippen LogP contribution is -2.53. The molecule has 2 N–H and O–H groups in total. The Bertz CT molecular complexity index is 650. The molecule has 0 spiro atoms. The van der Waals surface area contributed by atoms with Crippen molar-refractivity contribution in [3.05, 3.63) is 29.8 Å². The van der Waals surface area contributed by atoms with Crippen molar-refractivity contribution < 1.29 is 23.8 Å². The van der Waals surface area contributed by atoms with Gasteiger partial charge in [0.05, 0.1) is 7.11 Å². The average Bonchev–Trinajstić information content (AvgIpc) is 2.65. The summed E-state index contributed by atoms with van der Waals surface area (Å²) < 4.78 is 16.1. The van der Waals surface area contributed by atoms with Gasteiger partial charge in [-0.2, -0.15) is 0 Å². The van der Waals surface area contributed by atoms with Crippen LogP contribution in [0.2, 0.25) is 0 Å². The van der Waals surface area contributed by atoms with Crippen molar-refractivity contribution in [1.82, 2.24) is 10.6 Å². The van der Waals surface area contributed by atoms with E-state index >= 15 is 0 Å². The number of hydrogen-bond acceptors (Lipinski definition) is 5. The Hall–Kier alpha value is -2.28. The fourth-order valence-electron chi connectivity index (χ4n) is 3.22. The maximum absolute atomic E-state index is 12.8. The molecule has 156 valence electrons. The van der Waals surface area contributed by atoms with Crippen molar-refractivity contribution in [2.24, 2.45) is 5.92 Å². The molecule has 0 aromatic heterocycles. The fraction of sp³-hybridized carbons (Fsp3) is 0.619. The van der Waals surface area contributed by atoms with Crippen LogP contribution in [0, 0.1) is 5.92 Å². The molecule has 1 aliphatic rings. The number of alkyl carbamates (subject to hydrolysis) is 1. The summed E-state index contributed by atoms with van der Waals surface area (Å²) in [4.78, 5) is 25.1. The second-order valence-electron chi connectivity index (χ2n) is 7.93. The van der Waals surface area contributed by atoms with Crippen LogP contribution in [0.5, 0.6) is 5.75 Å². The highest BCUT2D eigenvalue weighted by Gasteiger charge is 2.32. The van der Waals surface area contributed by atoms with Crippen molar-refractivity contribution in [2.75, 3.05) is 26.9 Å². The van der Waals surface area contributed by atoms with Crippen LogP contribution < -0.4 is 15.4 Å². The van der Waals surface area contributed by atoms with E-state index in [1.165, 1.54) is 0 Å². The normalized spacial score (nSPS) is 16.1. The molecule has 0 radical (unpaired) electrons. The van der Waals surface area contributed by atoms with Crippen LogP contribution in [0.4, 0.5) is 4.79 Å². The summed E-state index contributed by atoms with van der Waals surface area (Å²) in [6, 6.07) is 7.07. The minimum Gasteiger partial charge on any atom is -0.496 e. The van der Waals surface area contributed by atoms with E-state index in [2.05, 4.69) is 10.6 Å². The largest absolute Gasteiger partial charge is 0.496 e. The highest BCUT2D eigenvalue weighted by molar-refractivity contribution is 5.86. The van der Waals surface area contributed by atoms with E-state index in [0.717, 1.165) is 24.2 Å². The van der Waals surface area contributed by atoms with E-state index in [1.807, 2.05) is 24.3 Å². The monoisotopic (exact) mass is 392 g/mol. The summed E-state index contributed by atoms with van der Waals surface area (Å²) in [5.41, 5.74) is 0.401. The number of benzene rings is 1. The van der Waals surface area contributed by atoms with Gasteiger partial charge in [0.1, 0.15) is 17.4 Å². The van der Waals surface area contributed by atoms with Crippen molar-refractivity contribution in [2.45, 2.75) is 51.7 Å². The summed E-state index contributed by atoms with van der Waals surface area (Å²) in [7, 11) is 1.63. The van der Waals surface area contributed by atoms with Crippen molar-refractivity contribution >= 4 is 12.0 Å². The summed E-state index contributed by atoms with van der Waals surface area (Å²) >= 11 is 0. The van der Waals surface area contributed by atoms with E-state index in [1.54, 1.807) is 27.9 Å². The van der Waals surface area contributed by atoms with Gasteiger partial charge in [-0.15, -0.1) is 0 Å². The van der Waals surface area contributed by atoms with E-state index in [-0.39, 0.29) is 11.8 Å². The number of para-hydroxylation sites is 1. The molecular weight excluding hydrogens is 360 g/mol. The van der Waals surface area contributed by atoms with Crippen molar-refractivity contribution in [3.63, 3.8) is 0 Å². The molecule has 0 bridgehead atoms. The Morgan fingerprint density at radius 2 is 1.89 bits per heavy atom. The van der Waals surface area contributed by atoms with Crippen LogP contribution in [-0.2, 0) is 20.7 Å². The summed E-state index contributed by atoms with van der Waals surface area (Å²) in [6.07, 6.45) is 1.51. The topological polar surface area (TPSA) is 85.9 Å². The van der Waals surface area contributed by atoms with Gasteiger partial charge in [0.25, 0.3) is 0 Å². The Labute approximate surface area is 167 Å². The van der Waals surface area contributed by atoms with Gasteiger partial charge < -0.3 is 24.8 Å². The molecular formula is C21H32N2O5. The number of rotatable bonds is 7. The molecule has 7 heteroatoms. The third-order valence-electron chi connectivity index (χ3n) is 4.58. The molecule has 2 amide bonds. The van der Waals surface area contributed by atoms with Crippen molar-refractivity contribution in [3.8, 4) is 5.75 Å². The summed E-state index contributed by atoms with van der Waals surface area (Å²) in [5, 5.41) is 5.70. The van der Waals surface area contributed by atoms with E-state index in [9.17, 15) is 9.59 Å². The molecule has 1 atom stereocenters. The Morgan fingerprint density at radius 1 is 1.21 bits per heavy atom. The average molecular weight is 392 g/mol. The zero-order valence-corrected chi connectivity index (χ0v) is 17.2. The van der Waals surface area contributed by atoms with Gasteiger partial charge in [-0.1, -0.05) is 18.2 Å². The van der Waals surface area contributed by atoms with Gasteiger partial charge >= 0.3 is 6.09 Å². The van der Waals surface area contributed by atoms with E-state index in [4.69, 9.17) is 14.2 Å². The minimum absolute atomic E-state index is 0.0209. The van der Waals surface area contributed by atoms with Gasteiger partial charge in [-0.25, -0.2) is 4.79 Å². The smallest absolute Gasteiger partial charge is 0.408 e. The number of hydrogen-bond donors (Lipinski definition) is 2. The predicted octanol–water partition coefficient (Wildman–Crippen LogP) is 2.67. The van der Waals surface area contributed by atoms with Crippen LogP contribution in [0.1, 0.15) is 39.2 Å². The molecule has 1 aromatic rings. The molecule has 0 unspecified atom stereocenters. The molecule has 1 fully saturated rings. The SMILES string of the molecule is COc1ccccc1CCNC(=O)[C@H](NC(=O)OC(C)(C)C)C1CCOCC1. The Kier molecular flexibility index (Phi) is 8.11. The highest BCUT2D eigenvalue weighted by Crippen LogP contribution is 2.20. The quantitative estimate of drug-likeness (QED) is 0.745. The number of carbonyl (C=O) groups is 2. The van der Waals surface area contributed by atoms with Gasteiger partial charge in [-0.05, 0) is 57.6 Å². The number of methoxy groups -OCH3 is 1. The minimum atomic E-state index is -0.642. The second kappa shape index (κ2) is 10.3. The van der Waals surface area contributed by atoms with Crippen LogP contribution in [0.15, 0.2) is 24.3 Å². The van der Waals surface area contributed by atoms with Crippen LogP contribution in [0.25, 0.3) is 0 Å². The van der Waals surface area contributed by atoms with Gasteiger partial charge in [0, 0.05) is 19.8 Å². The molecule has 28 heavy (non-hydrogen) atoms. The van der Waals surface area contributed by atoms with Crippen LogP contribution in [0.3, 0.4) is 0 Å². The van der Waals surface area contributed by atoms with Gasteiger partial charge in [0.2, 0.25) is 5.91 Å². The maximum Gasteiger partial charge on any atom is 0.408 e. The first-order chi connectivity index (χ1) is 13.3. The number of nitrogens with one attached hydrogen (secondary N) is 2. The highest BCUT2D eigenvalue weighted by atomic mass is 16.6. The van der Waals surface area contributed by atoms with Crippen LogP contribution in [-0.4, -0.2) is 50.5 Å². The first-order valence-electron chi connectivity index (χ1n) is 9.77. The zero-order chi connectivity index (χ0) is 20.6. The molecule has 1 aliphatic heterocycles. The molecule has 0 saturated carbocycles. The molecule has 0 aliphatic carbocycles. The van der Waals surface area contributed by atoms with Crippen molar-refractivity contribution in [1.29, 1.82) is 0 Å². The standard InChI is InChI=1S/C21H32N2O5/c1-21(2,3)28-20(25)23-18(16-10-13-27-14-11-16)19(24)22-12-9-15-7-5-6-8-17(15)26-4/h5-8,16,18H,9-14H2,1-4H3,(H,22,24)(H,23,25)/t18-/m1/s1. The molecule has 7 nitrogen and oxygen atoms in total. The summed E-state index contributed by atoms with van der Waals surface area (Å²) in [6.45, 7) is 7.02. The van der Waals surface area contributed by atoms with E-state index < -0.39 is 17.7 Å². The zero-order valence-electron chi connectivity index (χ0n) is 17.2. The molecule has 1 heterocycles. The first kappa shape index (κ1) is 22.0. The Balaban J connectivity index is 1.96. The molecule has 2 rings (SSSR count). The fourth-order valence-corrected chi connectivity index (χ4v) is 3.22. The Morgan fingerprint density at radius 3 is 2.54 bits per heavy atom. The third kappa shape index (κ3) is 7.03. The molecule has 1 aromatic carbocycles. The van der Waals surface area contributed by atoms with Gasteiger partial charge in [0.15, 0.2) is 0 Å². The number of ether oxygens (including phenoxy) is 3. The summed E-state index contributed by atoms with van der Waals surface area (Å²) in [5.74, 6) is 0.616. The first-order valence-corrected chi connectivity index (χ1v) is 9.77.